The number of fused-ring (bicyclic) bond motifs is 3. The Morgan fingerprint density at radius 2 is 2.30 bits per heavy atom. The van der Waals surface area contributed by atoms with E-state index in [2.05, 4.69) is 6.92 Å². The van der Waals surface area contributed by atoms with Gasteiger partial charge in [-0.2, -0.15) is 0 Å². The third kappa shape index (κ3) is 0.492. The summed E-state index contributed by atoms with van der Waals surface area (Å²) in [5.74, 6) is 3.38. The van der Waals surface area contributed by atoms with Crippen molar-refractivity contribution >= 4 is 0 Å². The first-order chi connectivity index (χ1) is 4.86. The second-order valence-corrected chi connectivity index (χ2v) is 4.31. The second-order valence-electron chi connectivity index (χ2n) is 4.31. The summed E-state index contributed by atoms with van der Waals surface area (Å²) in [6, 6.07) is 0. The molecule has 0 heteroatoms. The van der Waals surface area contributed by atoms with E-state index in [1.165, 1.54) is 19.3 Å². The van der Waals surface area contributed by atoms with Crippen molar-refractivity contribution in [3.8, 4) is 0 Å². The molecule has 0 amide bonds. The zero-order valence-corrected chi connectivity index (χ0v) is 6.56. The summed E-state index contributed by atoms with van der Waals surface area (Å²) in [6.07, 6.45) is 5.98. The maximum atomic E-state index is 2.35. The molecule has 3 aliphatic rings. The van der Waals surface area contributed by atoms with E-state index in [0.29, 0.717) is 0 Å². The molecule has 54 valence electrons. The molecule has 3 unspecified atom stereocenters. The van der Waals surface area contributed by atoms with E-state index >= 15 is 0 Å². The van der Waals surface area contributed by atoms with E-state index in [1.54, 1.807) is 12.0 Å². The van der Waals surface area contributed by atoms with Crippen LogP contribution in [0.5, 0.6) is 0 Å². The van der Waals surface area contributed by atoms with Gasteiger partial charge >= 0.3 is 0 Å². The SMILES string of the molecule is CC1=C2CC3CC3C2CC1. The number of hydrogen-bond donors (Lipinski definition) is 0. The summed E-state index contributed by atoms with van der Waals surface area (Å²) >= 11 is 0. The lowest BCUT2D eigenvalue weighted by Crippen LogP contribution is -1.95. The Labute approximate surface area is 62.3 Å². The van der Waals surface area contributed by atoms with Crippen molar-refractivity contribution < 1.29 is 0 Å². The average molecular weight is 134 g/mol. The summed E-state index contributed by atoms with van der Waals surface area (Å²) < 4.78 is 0. The molecule has 0 nitrogen and oxygen atoms in total. The Hall–Kier alpha value is -0.260. The molecule has 0 saturated heterocycles. The predicted molar refractivity (Wildman–Crippen MR) is 41.6 cm³/mol. The van der Waals surface area contributed by atoms with Crippen molar-refractivity contribution in [3.63, 3.8) is 0 Å². The summed E-state index contributed by atoms with van der Waals surface area (Å²) in [6.45, 7) is 2.35. The van der Waals surface area contributed by atoms with Crippen LogP contribution < -0.4 is 0 Å². The van der Waals surface area contributed by atoms with Crippen molar-refractivity contribution in [2.24, 2.45) is 17.8 Å². The van der Waals surface area contributed by atoms with Crippen LogP contribution in [0, 0.1) is 17.8 Å². The Morgan fingerprint density at radius 1 is 1.40 bits per heavy atom. The molecule has 0 aromatic carbocycles. The fraction of sp³-hybridized carbons (Fsp3) is 0.800. The van der Waals surface area contributed by atoms with Crippen LogP contribution in [-0.4, -0.2) is 0 Å². The molecule has 0 heterocycles. The van der Waals surface area contributed by atoms with E-state index in [-0.39, 0.29) is 0 Å². The van der Waals surface area contributed by atoms with E-state index in [0.717, 1.165) is 17.8 Å². The minimum Gasteiger partial charge on any atom is -0.0738 e. The minimum absolute atomic E-state index is 1.07. The van der Waals surface area contributed by atoms with E-state index in [1.807, 2.05) is 5.57 Å². The van der Waals surface area contributed by atoms with Crippen LogP contribution in [0.15, 0.2) is 11.1 Å². The Balaban J connectivity index is 2.02. The molecule has 2 fully saturated rings. The van der Waals surface area contributed by atoms with Crippen molar-refractivity contribution in [3.05, 3.63) is 11.1 Å². The van der Waals surface area contributed by atoms with Crippen LogP contribution in [0.4, 0.5) is 0 Å². The average Bonchev–Trinajstić information content (AvgIpc) is 2.46. The van der Waals surface area contributed by atoms with Gasteiger partial charge in [-0.25, -0.2) is 0 Å². The molecule has 3 rings (SSSR count). The maximum absolute atomic E-state index is 2.35. The lowest BCUT2D eigenvalue weighted by atomic mass is 10.00. The molecule has 0 N–H and O–H groups in total. The molecule has 10 heavy (non-hydrogen) atoms. The predicted octanol–water partition coefficient (Wildman–Crippen LogP) is 2.75. The fourth-order valence-corrected chi connectivity index (χ4v) is 3.10. The van der Waals surface area contributed by atoms with Gasteiger partial charge in [0.05, 0.1) is 0 Å². The first-order valence-electron chi connectivity index (χ1n) is 4.55. The Kier molecular flexibility index (Phi) is 0.805. The molecular weight excluding hydrogens is 120 g/mol. The van der Waals surface area contributed by atoms with Crippen molar-refractivity contribution in [1.82, 2.24) is 0 Å². The van der Waals surface area contributed by atoms with E-state index in [9.17, 15) is 0 Å². The van der Waals surface area contributed by atoms with Crippen molar-refractivity contribution in [2.45, 2.75) is 32.6 Å². The summed E-state index contributed by atoms with van der Waals surface area (Å²) in [5, 5.41) is 0. The molecule has 0 radical (unpaired) electrons. The quantitative estimate of drug-likeness (QED) is 0.447. The first-order valence-corrected chi connectivity index (χ1v) is 4.55. The Morgan fingerprint density at radius 3 is 3.10 bits per heavy atom. The molecule has 0 aromatic heterocycles. The van der Waals surface area contributed by atoms with Gasteiger partial charge in [0.2, 0.25) is 0 Å². The van der Waals surface area contributed by atoms with Gasteiger partial charge in [-0.05, 0) is 50.4 Å². The van der Waals surface area contributed by atoms with Gasteiger partial charge in [-0.3, -0.25) is 0 Å². The normalized spacial score (nSPS) is 49.5. The van der Waals surface area contributed by atoms with Gasteiger partial charge in [-0.15, -0.1) is 0 Å². The smallest absolute Gasteiger partial charge is 0.0166 e. The molecule has 3 atom stereocenters. The zero-order valence-electron chi connectivity index (χ0n) is 6.56. The number of allylic oxidation sites excluding steroid dienone is 2. The highest BCUT2D eigenvalue weighted by molar-refractivity contribution is 5.30. The highest BCUT2D eigenvalue weighted by atomic mass is 14.6. The summed E-state index contributed by atoms with van der Waals surface area (Å²) in [4.78, 5) is 0. The van der Waals surface area contributed by atoms with Gasteiger partial charge in [-0.1, -0.05) is 11.1 Å². The highest BCUT2D eigenvalue weighted by Gasteiger charge is 2.52. The monoisotopic (exact) mass is 134 g/mol. The molecule has 3 aliphatic carbocycles. The van der Waals surface area contributed by atoms with Gasteiger partial charge < -0.3 is 0 Å². The van der Waals surface area contributed by atoms with Gasteiger partial charge in [0.25, 0.3) is 0 Å². The van der Waals surface area contributed by atoms with Crippen LogP contribution in [-0.2, 0) is 0 Å². The third-order valence-electron chi connectivity index (χ3n) is 3.80. The van der Waals surface area contributed by atoms with Crippen LogP contribution in [0.2, 0.25) is 0 Å². The van der Waals surface area contributed by atoms with Crippen LogP contribution in [0.3, 0.4) is 0 Å². The number of rotatable bonds is 0. The molecule has 0 aromatic rings. The zero-order chi connectivity index (χ0) is 6.72. The van der Waals surface area contributed by atoms with E-state index in [4.69, 9.17) is 0 Å². The topological polar surface area (TPSA) is 0 Å². The fourth-order valence-electron chi connectivity index (χ4n) is 3.10. The minimum atomic E-state index is 1.07. The van der Waals surface area contributed by atoms with Crippen molar-refractivity contribution in [1.29, 1.82) is 0 Å². The number of hydrogen-bond acceptors (Lipinski definition) is 0. The van der Waals surface area contributed by atoms with Crippen molar-refractivity contribution in [2.75, 3.05) is 0 Å². The molecule has 0 bridgehead atoms. The molecule has 2 saturated carbocycles. The lowest BCUT2D eigenvalue weighted by Gasteiger charge is -2.05. The van der Waals surface area contributed by atoms with Gasteiger partial charge in [0.1, 0.15) is 0 Å². The Bertz CT molecular complexity index is 212. The van der Waals surface area contributed by atoms with Gasteiger partial charge in [0, 0.05) is 0 Å². The highest BCUT2D eigenvalue weighted by Crippen LogP contribution is 2.62. The summed E-state index contributed by atoms with van der Waals surface area (Å²) in [7, 11) is 0. The van der Waals surface area contributed by atoms with Crippen LogP contribution in [0.25, 0.3) is 0 Å². The van der Waals surface area contributed by atoms with Crippen LogP contribution >= 0.6 is 0 Å². The van der Waals surface area contributed by atoms with Gasteiger partial charge in [0.15, 0.2) is 0 Å². The largest absolute Gasteiger partial charge is 0.0738 e. The summed E-state index contributed by atoms with van der Waals surface area (Å²) in [5.41, 5.74) is 3.62. The molecular formula is C10H14. The van der Waals surface area contributed by atoms with Crippen LogP contribution in [0.1, 0.15) is 32.6 Å². The standard InChI is InChI=1S/C10H14/c1-6-2-3-8-9(6)4-7-5-10(7)8/h7-8,10H,2-5H2,1H3. The maximum Gasteiger partial charge on any atom is -0.0166 e. The second kappa shape index (κ2) is 1.49. The lowest BCUT2D eigenvalue weighted by molar-refractivity contribution is 0.554. The molecule has 0 spiro atoms. The molecule has 0 aliphatic heterocycles. The van der Waals surface area contributed by atoms with E-state index < -0.39 is 0 Å². The third-order valence-corrected chi connectivity index (χ3v) is 3.80. The first kappa shape index (κ1) is 5.40.